The van der Waals surface area contributed by atoms with Gasteiger partial charge in [-0.25, -0.2) is 4.98 Å². The first-order valence-electron chi connectivity index (χ1n) is 20.1. The number of benzene rings is 6. The lowest BCUT2D eigenvalue weighted by atomic mass is 9.84. The zero-order chi connectivity index (χ0) is 43.8. The van der Waals surface area contributed by atoms with Gasteiger partial charge in [0.05, 0.1) is 27.2 Å². The smallest absolute Gasteiger partial charge is 0.269 e. The van der Waals surface area contributed by atoms with Crippen molar-refractivity contribution < 1.29 is 9.85 Å². The summed E-state index contributed by atoms with van der Waals surface area (Å²) >= 11 is 0. The number of hydrogen-bond acceptors (Lipinski definition) is 5. The first-order chi connectivity index (χ1) is 28.2. The third-order valence-electron chi connectivity index (χ3n) is 10.2. The molecular formula is C53H69Al7N4O4. The van der Waals surface area contributed by atoms with Crippen LogP contribution in [0.2, 0.25) is 0 Å². The van der Waals surface area contributed by atoms with Gasteiger partial charge in [-0.2, -0.15) is 0 Å². The summed E-state index contributed by atoms with van der Waals surface area (Å²) in [6.07, 6.45) is 3.93. The van der Waals surface area contributed by atoms with Crippen LogP contribution in [0.1, 0.15) is 86.4 Å². The number of pyridine rings is 1. The van der Waals surface area contributed by atoms with Gasteiger partial charge in [-0.05, 0) is 130 Å². The molecule has 0 fully saturated rings. The molecule has 2 aromatic heterocycles. The van der Waals surface area contributed by atoms with Gasteiger partial charge in [-0.15, -0.1) is 0 Å². The van der Waals surface area contributed by atoms with Gasteiger partial charge in [0.25, 0.3) is 11.4 Å². The third kappa shape index (κ3) is 20.0. The molecule has 2 heterocycles. The first kappa shape index (κ1) is 71.6. The summed E-state index contributed by atoms with van der Waals surface area (Å²) in [5.74, 6) is 0. The Morgan fingerprint density at radius 3 is 1.38 bits per heavy atom. The minimum Gasteiger partial charge on any atom is -0.327 e. The average Bonchev–Trinajstić information content (AvgIpc) is 3.66. The standard InChI is InChI=1S/C15H18.C14H16.C12H8N2O4.C11H14N2.CH4.7Al.9H/c1-11-9-13(15(2,3)4)10-12-7-5-6-8-14(11)12;1-14(2,3)13-9-8-11-6-4-5-7-12(11)10-13;15-13(16)11-5-1-9(2-6-11)10-3-7-12(8-4-10)14(17)18;1-11(2,3)13-8-6-9-5-4-7-12-10(9)13;;;;;;;;;;;;;;;;;/h5-10H,1-4H3;4-10H,1-3H3;1-8H;4-8H,1-3H3;1H4;;;;;;;;;;;;;;;;. The van der Waals surface area contributed by atoms with E-state index in [0.717, 1.165) is 16.8 Å². The SMILES string of the molecule is C.CC(C)(C)c1ccc2ccccc2c1.CC(C)(C)n1ccc2cccnc21.Cc1cc(C(C)(C)C)cc2ccccc12.O=[N+]([O-])c1ccc(-c2ccc([N+](=O)[O-])cc2)cc1.[AlH2].[AlH2].[AlH2].[AlH2].[AlH].[Al].[Al]. The molecule has 0 unspecified atom stereocenters. The maximum atomic E-state index is 10.5. The Balaban J connectivity index is -0.000000389. The molecule has 346 valence electrons. The third-order valence-corrected chi connectivity index (χ3v) is 10.2. The average molecular weight is 1020 g/mol. The fourth-order valence-corrected chi connectivity index (χ4v) is 6.65. The van der Waals surface area contributed by atoms with Crippen molar-refractivity contribution in [1.29, 1.82) is 0 Å². The van der Waals surface area contributed by atoms with Crippen LogP contribution in [0.4, 0.5) is 11.4 Å². The molecule has 0 atom stereocenters. The summed E-state index contributed by atoms with van der Waals surface area (Å²) in [7, 11) is 0. The zero-order valence-corrected chi connectivity index (χ0v) is 54.0. The van der Waals surface area contributed by atoms with E-state index in [9.17, 15) is 20.2 Å². The summed E-state index contributed by atoms with van der Waals surface area (Å²) in [5.41, 5.74) is 7.41. The molecule has 0 N–H and O–H groups in total. The van der Waals surface area contributed by atoms with E-state index in [-0.39, 0.29) is 157 Å². The lowest BCUT2D eigenvalue weighted by Crippen LogP contribution is -2.20. The van der Waals surface area contributed by atoms with Crippen LogP contribution < -0.4 is 0 Å². The Bertz CT molecular complexity index is 2690. The van der Waals surface area contributed by atoms with Crippen LogP contribution in [-0.2, 0) is 16.4 Å². The number of non-ortho nitro benzene ring substituents is 2. The number of nitro benzene ring substituents is 2. The predicted molar refractivity (Wildman–Crippen MR) is 310 cm³/mol. The highest BCUT2D eigenvalue weighted by atomic mass is 27.0. The van der Waals surface area contributed by atoms with Gasteiger partial charge in [0, 0.05) is 82.3 Å². The van der Waals surface area contributed by atoms with Gasteiger partial charge < -0.3 is 4.57 Å². The highest BCUT2D eigenvalue weighted by molar-refractivity contribution is 5.86. The molecule has 0 saturated heterocycles. The van der Waals surface area contributed by atoms with Crippen LogP contribution >= 0.6 is 0 Å². The Labute approximate surface area is 479 Å². The maximum Gasteiger partial charge on any atom is 0.269 e. The normalized spacial score (nSPS) is 10.1. The number of nitrogens with zero attached hydrogens (tertiary/aromatic N) is 4. The van der Waals surface area contributed by atoms with Crippen molar-refractivity contribution in [3.63, 3.8) is 0 Å². The number of nitro groups is 2. The first-order valence-corrected chi connectivity index (χ1v) is 20.1. The van der Waals surface area contributed by atoms with Gasteiger partial charge in [-0.3, -0.25) is 20.2 Å². The second kappa shape index (κ2) is 31.4. The maximum absolute atomic E-state index is 10.5. The Morgan fingerprint density at radius 1 is 0.500 bits per heavy atom. The molecule has 0 aliphatic rings. The quantitative estimate of drug-likeness (QED) is 0.0997. The van der Waals surface area contributed by atoms with Gasteiger partial charge in [-0.1, -0.05) is 128 Å². The Morgan fingerprint density at radius 2 is 0.926 bits per heavy atom. The minimum absolute atomic E-state index is 0. The van der Waals surface area contributed by atoms with E-state index in [4.69, 9.17) is 0 Å². The topological polar surface area (TPSA) is 104 Å². The number of aryl methyl sites for hydroxylation is 1. The highest BCUT2D eigenvalue weighted by Gasteiger charge is 2.16. The molecule has 0 spiro atoms. The van der Waals surface area contributed by atoms with Crippen LogP contribution in [0, 0.1) is 27.2 Å². The number of hydrogen-bond donors (Lipinski definition) is 0. The molecule has 0 saturated carbocycles. The molecule has 0 bridgehead atoms. The van der Waals surface area contributed by atoms with Crippen molar-refractivity contribution in [2.24, 2.45) is 0 Å². The van der Waals surface area contributed by atoms with Crippen LogP contribution in [-0.4, -0.2) is 141 Å². The molecule has 8 nitrogen and oxygen atoms in total. The Kier molecular flexibility index (Phi) is 33.1. The summed E-state index contributed by atoms with van der Waals surface area (Å²) < 4.78 is 2.20. The van der Waals surface area contributed by atoms with Crippen molar-refractivity contribution >= 4 is 165 Å². The number of aromatic nitrogens is 2. The van der Waals surface area contributed by atoms with Crippen molar-refractivity contribution in [3.05, 3.63) is 195 Å². The van der Waals surface area contributed by atoms with E-state index in [2.05, 4.69) is 176 Å². The molecule has 0 amide bonds. The minimum atomic E-state index is -0.473. The number of rotatable bonds is 3. The highest BCUT2D eigenvalue weighted by Crippen LogP contribution is 2.29. The van der Waals surface area contributed by atoms with Crippen LogP contribution in [0.15, 0.2) is 158 Å². The molecule has 6 aromatic carbocycles. The van der Waals surface area contributed by atoms with Crippen molar-refractivity contribution in [3.8, 4) is 11.1 Å². The van der Waals surface area contributed by atoms with E-state index >= 15 is 0 Å². The van der Waals surface area contributed by atoms with Crippen LogP contribution in [0.3, 0.4) is 0 Å². The summed E-state index contributed by atoms with van der Waals surface area (Å²) in [5, 5.41) is 27.6. The molecule has 8 aromatic rings. The zero-order valence-electron chi connectivity index (χ0n) is 42.3. The summed E-state index contributed by atoms with van der Waals surface area (Å²) in [6.45, 7) is 22.3. The number of fused-ring (bicyclic) bond motifs is 3. The largest absolute Gasteiger partial charge is 0.327 e. The lowest BCUT2D eigenvalue weighted by Gasteiger charge is -2.21. The van der Waals surface area contributed by atoms with Gasteiger partial charge in [0.2, 0.25) is 0 Å². The fourth-order valence-electron chi connectivity index (χ4n) is 6.65. The van der Waals surface area contributed by atoms with Gasteiger partial charge in [0.1, 0.15) is 75.1 Å². The van der Waals surface area contributed by atoms with Crippen molar-refractivity contribution in [1.82, 2.24) is 9.55 Å². The van der Waals surface area contributed by atoms with E-state index in [0.29, 0.717) is 0 Å². The molecule has 0 aliphatic heterocycles. The van der Waals surface area contributed by atoms with Gasteiger partial charge >= 0.3 is 0 Å². The fraction of sp³-hybridized carbons (Fsp3) is 0.264. The molecule has 15 heteroatoms. The summed E-state index contributed by atoms with van der Waals surface area (Å²) in [6, 6.07) is 46.6. The van der Waals surface area contributed by atoms with Crippen molar-refractivity contribution in [2.45, 2.75) is 93.0 Å². The van der Waals surface area contributed by atoms with E-state index in [1.165, 1.54) is 67.9 Å². The molecule has 68 heavy (non-hydrogen) atoms. The molecule has 0 aliphatic carbocycles. The second-order valence-corrected chi connectivity index (χ2v) is 18.0. The lowest BCUT2D eigenvalue weighted by molar-refractivity contribution is -0.385. The van der Waals surface area contributed by atoms with Crippen LogP contribution in [0.5, 0.6) is 0 Å². The molecular weight excluding hydrogens is 945 g/mol. The Hall–Kier alpha value is -2.94. The second-order valence-electron chi connectivity index (χ2n) is 18.0. The van der Waals surface area contributed by atoms with Crippen molar-refractivity contribution in [2.75, 3.05) is 0 Å². The van der Waals surface area contributed by atoms with Gasteiger partial charge in [0.15, 0.2) is 0 Å². The van der Waals surface area contributed by atoms with E-state index in [1.807, 2.05) is 12.3 Å². The predicted octanol–water partition coefficient (Wildman–Crippen LogP) is 10.1. The van der Waals surface area contributed by atoms with E-state index < -0.39 is 9.85 Å². The monoisotopic (exact) mass is 1010 g/mol. The molecule has 8 rings (SSSR count). The summed E-state index contributed by atoms with van der Waals surface area (Å²) in [4.78, 5) is 24.4. The van der Waals surface area contributed by atoms with E-state index in [1.54, 1.807) is 24.3 Å². The molecule has 12 radical (unpaired) electrons. The van der Waals surface area contributed by atoms with Crippen LogP contribution in [0.25, 0.3) is 43.7 Å².